The molecule has 0 unspecified atom stereocenters. The van der Waals surface area contributed by atoms with Gasteiger partial charge in [0.05, 0.1) is 5.69 Å². The fourth-order valence-corrected chi connectivity index (χ4v) is 1.64. The molecular formula is C13H16N2. The fraction of sp³-hybridized carbons (Fsp3) is 0.308. The van der Waals surface area contributed by atoms with Crippen LogP contribution >= 0.6 is 0 Å². The largest absolute Gasteiger partial charge is 0.285 e. The van der Waals surface area contributed by atoms with Gasteiger partial charge in [0.1, 0.15) is 0 Å². The number of aromatic amines is 1. The average molecular weight is 200 g/mol. The average Bonchev–Trinajstić information content (AvgIpc) is 2.80. The van der Waals surface area contributed by atoms with Gasteiger partial charge in [-0.3, -0.25) is 5.10 Å². The number of H-pyrrole nitrogens is 1. The van der Waals surface area contributed by atoms with Gasteiger partial charge in [0.15, 0.2) is 0 Å². The van der Waals surface area contributed by atoms with Crippen LogP contribution in [0.4, 0.5) is 0 Å². The Bertz CT molecular complexity index is 387. The van der Waals surface area contributed by atoms with Crippen LogP contribution in [0.3, 0.4) is 0 Å². The van der Waals surface area contributed by atoms with Crippen molar-refractivity contribution in [2.45, 2.75) is 26.2 Å². The lowest BCUT2D eigenvalue weighted by molar-refractivity contribution is 0.795. The van der Waals surface area contributed by atoms with Crippen molar-refractivity contribution < 1.29 is 0 Å². The highest BCUT2D eigenvalue weighted by Gasteiger charge is 1.99. The lowest BCUT2D eigenvalue weighted by Crippen LogP contribution is -1.85. The molecule has 1 N–H and O–H groups in total. The van der Waals surface area contributed by atoms with E-state index in [1.165, 1.54) is 30.4 Å². The number of unbranched alkanes of at least 4 members (excludes halogenated alkanes) is 1. The van der Waals surface area contributed by atoms with Crippen LogP contribution in [0, 0.1) is 0 Å². The number of aryl methyl sites for hydroxylation is 1. The van der Waals surface area contributed by atoms with Gasteiger partial charge in [-0.15, -0.1) is 0 Å². The number of aromatic nitrogens is 2. The summed E-state index contributed by atoms with van der Waals surface area (Å²) in [5, 5.41) is 6.98. The zero-order valence-electron chi connectivity index (χ0n) is 9.03. The van der Waals surface area contributed by atoms with Gasteiger partial charge in [-0.1, -0.05) is 37.6 Å². The topological polar surface area (TPSA) is 28.7 Å². The SMILES string of the molecule is CCCCc1ccc(-c2cc[nH]n2)cc1. The number of nitrogens with zero attached hydrogens (tertiary/aromatic N) is 1. The second kappa shape index (κ2) is 4.78. The Morgan fingerprint density at radius 2 is 1.93 bits per heavy atom. The molecule has 2 nitrogen and oxygen atoms in total. The van der Waals surface area contributed by atoms with E-state index < -0.39 is 0 Å². The fourth-order valence-electron chi connectivity index (χ4n) is 1.64. The van der Waals surface area contributed by atoms with E-state index in [0.717, 1.165) is 5.69 Å². The van der Waals surface area contributed by atoms with Crippen LogP contribution in [0.1, 0.15) is 25.3 Å². The van der Waals surface area contributed by atoms with Gasteiger partial charge in [-0.25, -0.2) is 0 Å². The Morgan fingerprint density at radius 3 is 2.53 bits per heavy atom. The van der Waals surface area contributed by atoms with E-state index in [9.17, 15) is 0 Å². The first-order valence-electron chi connectivity index (χ1n) is 5.49. The highest BCUT2D eigenvalue weighted by Crippen LogP contribution is 2.17. The van der Waals surface area contributed by atoms with Crippen LogP contribution in [0.25, 0.3) is 11.3 Å². The van der Waals surface area contributed by atoms with Crippen molar-refractivity contribution in [3.63, 3.8) is 0 Å². The predicted octanol–water partition coefficient (Wildman–Crippen LogP) is 3.42. The first-order chi connectivity index (χ1) is 7.40. The minimum absolute atomic E-state index is 1.01. The van der Waals surface area contributed by atoms with E-state index in [1.807, 2.05) is 12.3 Å². The molecule has 0 fully saturated rings. The molecular weight excluding hydrogens is 184 g/mol. The van der Waals surface area contributed by atoms with Gasteiger partial charge in [-0.05, 0) is 24.5 Å². The van der Waals surface area contributed by atoms with Crippen LogP contribution in [-0.4, -0.2) is 10.2 Å². The summed E-state index contributed by atoms with van der Waals surface area (Å²) in [7, 11) is 0. The van der Waals surface area contributed by atoms with E-state index in [1.54, 1.807) is 0 Å². The molecule has 78 valence electrons. The molecule has 0 bridgehead atoms. The molecule has 1 aromatic carbocycles. The van der Waals surface area contributed by atoms with Gasteiger partial charge in [-0.2, -0.15) is 5.10 Å². The molecule has 0 radical (unpaired) electrons. The smallest absolute Gasteiger partial charge is 0.0920 e. The molecule has 2 rings (SSSR count). The monoisotopic (exact) mass is 200 g/mol. The maximum atomic E-state index is 4.15. The van der Waals surface area contributed by atoms with E-state index in [4.69, 9.17) is 0 Å². The molecule has 0 atom stereocenters. The normalized spacial score (nSPS) is 10.5. The van der Waals surface area contributed by atoms with Crippen molar-refractivity contribution in [2.75, 3.05) is 0 Å². The number of rotatable bonds is 4. The zero-order chi connectivity index (χ0) is 10.5. The van der Waals surface area contributed by atoms with E-state index in [2.05, 4.69) is 41.4 Å². The Labute approximate surface area is 90.3 Å². The van der Waals surface area contributed by atoms with Crippen LogP contribution < -0.4 is 0 Å². The van der Waals surface area contributed by atoms with Gasteiger partial charge in [0.25, 0.3) is 0 Å². The van der Waals surface area contributed by atoms with Crippen LogP contribution in [0.2, 0.25) is 0 Å². The number of nitrogens with one attached hydrogen (secondary N) is 1. The molecule has 0 amide bonds. The summed E-state index contributed by atoms with van der Waals surface area (Å²) in [5.74, 6) is 0. The predicted molar refractivity (Wildman–Crippen MR) is 62.6 cm³/mol. The van der Waals surface area contributed by atoms with E-state index in [-0.39, 0.29) is 0 Å². The summed E-state index contributed by atoms with van der Waals surface area (Å²) < 4.78 is 0. The second-order valence-corrected chi connectivity index (χ2v) is 3.76. The van der Waals surface area contributed by atoms with E-state index >= 15 is 0 Å². The molecule has 0 saturated carbocycles. The highest BCUT2D eigenvalue weighted by atomic mass is 15.1. The van der Waals surface area contributed by atoms with Gasteiger partial charge in [0.2, 0.25) is 0 Å². The van der Waals surface area contributed by atoms with Gasteiger partial charge < -0.3 is 0 Å². The first kappa shape index (κ1) is 9.97. The van der Waals surface area contributed by atoms with Crippen molar-refractivity contribution in [3.05, 3.63) is 42.1 Å². The first-order valence-corrected chi connectivity index (χ1v) is 5.49. The molecule has 1 aromatic heterocycles. The number of hydrogen-bond donors (Lipinski definition) is 1. The Balaban J connectivity index is 2.11. The molecule has 0 aliphatic rings. The van der Waals surface area contributed by atoms with Gasteiger partial charge >= 0.3 is 0 Å². The van der Waals surface area contributed by atoms with E-state index in [0.29, 0.717) is 0 Å². The maximum Gasteiger partial charge on any atom is 0.0920 e. The quantitative estimate of drug-likeness (QED) is 0.804. The highest BCUT2D eigenvalue weighted by molar-refractivity contribution is 5.58. The lowest BCUT2D eigenvalue weighted by Gasteiger charge is -2.01. The molecule has 0 spiro atoms. The molecule has 2 aromatic rings. The summed E-state index contributed by atoms with van der Waals surface area (Å²) >= 11 is 0. The molecule has 0 saturated heterocycles. The minimum Gasteiger partial charge on any atom is -0.285 e. The Morgan fingerprint density at radius 1 is 1.13 bits per heavy atom. The minimum atomic E-state index is 1.01. The zero-order valence-corrected chi connectivity index (χ0v) is 9.03. The van der Waals surface area contributed by atoms with Crippen molar-refractivity contribution in [1.29, 1.82) is 0 Å². The third-order valence-electron chi connectivity index (χ3n) is 2.57. The van der Waals surface area contributed by atoms with Crippen LogP contribution in [0.15, 0.2) is 36.5 Å². The third kappa shape index (κ3) is 2.46. The number of hydrogen-bond acceptors (Lipinski definition) is 1. The van der Waals surface area contributed by atoms with Crippen LogP contribution in [-0.2, 0) is 6.42 Å². The molecule has 0 aliphatic carbocycles. The maximum absolute atomic E-state index is 4.15. The Hall–Kier alpha value is -1.57. The number of benzene rings is 1. The summed E-state index contributed by atoms with van der Waals surface area (Å²) in [6.45, 7) is 2.22. The molecule has 2 heteroatoms. The third-order valence-corrected chi connectivity index (χ3v) is 2.57. The van der Waals surface area contributed by atoms with Crippen LogP contribution in [0.5, 0.6) is 0 Å². The van der Waals surface area contributed by atoms with Crippen molar-refractivity contribution in [1.82, 2.24) is 10.2 Å². The second-order valence-electron chi connectivity index (χ2n) is 3.76. The van der Waals surface area contributed by atoms with Gasteiger partial charge in [0, 0.05) is 11.8 Å². The van der Waals surface area contributed by atoms with Crippen molar-refractivity contribution >= 4 is 0 Å². The summed E-state index contributed by atoms with van der Waals surface area (Å²) in [6.07, 6.45) is 5.54. The van der Waals surface area contributed by atoms with Crippen molar-refractivity contribution in [2.24, 2.45) is 0 Å². The van der Waals surface area contributed by atoms with Crippen molar-refractivity contribution in [3.8, 4) is 11.3 Å². The summed E-state index contributed by atoms with van der Waals surface area (Å²) in [5.41, 5.74) is 3.60. The summed E-state index contributed by atoms with van der Waals surface area (Å²) in [4.78, 5) is 0. The Kier molecular flexibility index (Phi) is 3.18. The molecule has 15 heavy (non-hydrogen) atoms. The standard InChI is InChI=1S/C13H16N2/c1-2-3-4-11-5-7-12(8-6-11)13-9-10-14-15-13/h5-10H,2-4H2,1H3,(H,14,15). The molecule has 1 heterocycles. The molecule has 0 aliphatic heterocycles. The summed E-state index contributed by atoms with van der Waals surface area (Å²) in [6, 6.07) is 10.7. The lowest BCUT2D eigenvalue weighted by atomic mass is 10.1.